The lowest BCUT2D eigenvalue weighted by Gasteiger charge is -2.21. The van der Waals surface area contributed by atoms with Crippen molar-refractivity contribution in [1.82, 2.24) is 5.32 Å². The fourth-order valence-corrected chi connectivity index (χ4v) is 2.03. The lowest BCUT2D eigenvalue weighted by molar-refractivity contribution is 0.975. The van der Waals surface area contributed by atoms with Crippen molar-refractivity contribution < 1.29 is 0 Å². The van der Waals surface area contributed by atoms with Crippen molar-refractivity contribution >= 4 is 33.8 Å². The summed E-state index contributed by atoms with van der Waals surface area (Å²) in [5.41, 5.74) is 2.15. The Hall–Kier alpha value is -1.87. The number of hydrogen-bond acceptors (Lipinski definition) is 1. The first-order chi connectivity index (χ1) is 9.08. The van der Waals surface area contributed by atoms with Gasteiger partial charge in [0.25, 0.3) is 0 Å². The molecule has 0 saturated heterocycles. The van der Waals surface area contributed by atoms with Crippen molar-refractivity contribution in [3.63, 3.8) is 0 Å². The molecule has 0 saturated carbocycles. The second-order valence-electron chi connectivity index (χ2n) is 4.71. The highest BCUT2D eigenvalue weighted by Crippen LogP contribution is 2.21. The van der Waals surface area contributed by atoms with Crippen LogP contribution >= 0.6 is 12.2 Å². The molecule has 0 aliphatic rings. The van der Waals surface area contributed by atoms with E-state index < -0.39 is 0 Å². The lowest BCUT2D eigenvalue weighted by atomic mass is 10.1. The van der Waals surface area contributed by atoms with Crippen molar-refractivity contribution in [1.29, 1.82) is 0 Å². The zero-order chi connectivity index (χ0) is 13.8. The Morgan fingerprint density at radius 2 is 1.89 bits per heavy atom. The van der Waals surface area contributed by atoms with Crippen LogP contribution in [0.2, 0.25) is 0 Å². The summed E-state index contributed by atoms with van der Waals surface area (Å²) >= 11 is 5.37. The molecule has 3 heteroatoms. The number of nitrogens with one attached hydrogen (secondary N) is 1. The molecule has 0 aromatic heterocycles. The molecule has 0 aliphatic heterocycles. The fraction of sp³-hybridized carbons (Fsp3) is 0.188. The van der Waals surface area contributed by atoms with Crippen LogP contribution in [-0.4, -0.2) is 18.7 Å². The summed E-state index contributed by atoms with van der Waals surface area (Å²) in [6.07, 6.45) is 0. The van der Waals surface area contributed by atoms with E-state index in [9.17, 15) is 0 Å². The molecule has 0 heterocycles. The van der Waals surface area contributed by atoms with Gasteiger partial charge in [0, 0.05) is 19.3 Å². The summed E-state index contributed by atoms with van der Waals surface area (Å²) in [7, 11) is 1.97. The molecule has 0 fully saturated rings. The first-order valence-corrected chi connectivity index (χ1v) is 6.63. The molecule has 0 atom stereocenters. The van der Waals surface area contributed by atoms with Crippen LogP contribution in [0.25, 0.3) is 10.8 Å². The monoisotopic (exact) mass is 270 g/mol. The molecule has 2 aromatic rings. The average molecular weight is 270 g/mol. The maximum atomic E-state index is 5.37. The number of benzene rings is 2. The molecule has 0 unspecified atom stereocenters. The Morgan fingerprint density at radius 3 is 2.58 bits per heavy atom. The first kappa shape index (κ1) is 13.6. The van der Waals surface area contributed by atoms with Crippen LogP contribution in [0.15, 0.2) is 54.6 Å². The van der Waals surface area contributed by atoms with Gasteiger partial charge in [-0.05, 0) is 42.0 Å². The molecular formula is C16H18N2S. The highest BCUT2D eigenvalue weighted by molar-refractivity contribution is 7.80. The van der Waals surface area contributed by atoms with E-state index in [2.05, 4.69) is 42.2 Å². The van der Waals surface area contributed by atoms with Crippen LogP contribution in [0.3, 0.4) is 0 Å². The summed E-state index contributed by atoms with van der Waals surface area (Å²) < 4.78 is 0. The minimum absolute atomic E-state index is 0.705. The molecule has 0 amide bonds. The van der Waals surface area contributed by atoms with Gasteiger partial charge in [0.15, 0.2) is 5.11 Å². The van der Waals surface area contributed by atoms with Gasteiger partial charge in [-0.25, -0.2) is 0 Å². The Bertz CT molecular complexity index is 619. The predicted octanol–water partition coefficient (Wildman–Crippen LogP) is 3.73. The second kappa shape index (κ2) is 5.85. The van der Waals surface area contributed by atoms with Gasteiger partial charge < -0.3 is 10.2 Å². The van der Waals surface area contributed by atoms with Gasteiger partial charge in [0.2, 0.25) is 0 Å². The van der Waals surface area contributed by atoms with Gasteiger partial charge in [-0.3, -0.25) is 0 Å². The second-order valence-corrected chi connectivity index (χ2v) is 5.09. The molecule has 2 rings (SSSR count). The number of hydrogen-bond donors (Lipinski definition) is 1. The number of nitrogens with zero attached hydrogens (tertiary/aromatic N) is 1. The van der Waals surface area contributed by atoms with Gasteiger partial charge >= 0.3 is 0 Å². The van der Waals surface area contributed by atoms with Crippen LogP contribution in [0.5, 0.6) is 0 Å². The standard InChI is InChI=1S/C16H18N2S/c1-12(2)11-17-16(19)18(3)15-9-8-13-6-4-5-7-14(13)10-15/h4-10H,1,11H2,2-3H3,(H,17,19). The van der Waals surface area contributed by atoms with E-state index in [1.807, 2.05) is 31.0 Å². The van der Waals surface area contributed by atoms with E-state index in [1.165, 1.54) is 10.8 Å². The van der Waals surface area contributed by atoms with Gasteiger partial charge in [-0.15, -0.1) is 0 Å². The van der Waals surface area contributed by atoms with E-state index >= 15 is 0 Å². The van der Waals surface area contributed by atoms with Crippen molar-refractivity contribution in [2.45, 2.75) is 6.92 Å². The van der Waals surface area contributed by atoms with E-state index in [0.717, 1.165) is 11.3 Å². The molecule has 1 N–H and O–H groups in total. The lowest BCUT2D eigenvalue weighted by Crippen LogP contribution is -2.37. The molecule has 0 radical (unpaired) electrons. The molecule has 2 nitrogen and oxygen atoms in total. The van der Waals surface area contributed by atoms with Gasteiger partial charge in [-0.1, -0.05) is 42.5 Å². The highest BCUT2D eigenvalue weighted by atomic mass is 32.1. The third-order valence-electron chi connectivity index (χ3n) is 2.97. The molecule has 19 heavy (non-hydrogen) atoms. The molecule has 0 bridgehead atoms. The quantitative estimate of drug-likeness (QED) is 0.676. The third-order valence-corrected chi connectivity index (χ3v) is 3.38. The van der Waals surface area contributed by atoms with Gasteiger partial charge in [-0.2, -0.15) is 0 Å². The van der Waals surface area contributed by atoms with Crippen LogP contribution in [0, 0.1) is 0 Å². The van der Waals surface area contributed by atoms with E-state index in [0.29, 0.717) is 11.7 Å². The van der Waals surface area contributed by atoms with Crippen LogP contribution in [0.1, 0.15) is 6.92 Å². The number of anilines is 1. The predicted molar refractivity (Wildman–Crippen MR) is 87.8 cm³/mol. The number of rotatable bonds is 3. The van der Waals surface area contributed by atoms with E-state index in [1.54, 1.807) is 0 Å². The average Bonchev–Trinajstić information content (AvgIpc) is 2.43. The van der Waals surface area contributed by atoms with Crippen molar-refractivity contribution in [2.24, 2.45) is 0 Å². The topological polar surface area (TPSA) is 15.3 Å². The minimum atomic E-state index is 0.705. The maximum Gasteiger partial charge on any atom is 0.173 e. The minimum Gasteiger partial charge on any atom is -0.359 e. The zero-order valence-electron chi connectivity index (χ0n) is 11.3. The molecular weight excluding hydrogens is 252 g/mol. The van der Waals surface area contributed by atoms with E-state index in [-0.39, 0.29) is 0 Å². The zero-order valence-corrected chi connectivity index (χ0v) is 12.1. The Kier molecular flexibility index (Phi) is 4.17. The Labute approximate surface area is 119 Å². The Morgan fingerprint density at radius 1 is 1.21 bits per heavy atom. The smallest absolute Gasteiger partial charge is 0.173 e. The summed E-state index contributed by atoms with van der Waals surface area (Å²) in [4.78, 5) is 1.98. The summed E-state index contributed by atoms with van der Waals surface area (Å²) in [5.74, 6) is 0. The highest BCUT2D eigenvalue weighted by Gasteiger charge is 2.06. The summed E-state index contributed by atoms with van der Waals surface area (Å²) in [6, 6.07) is 14.6. The van der Waals surface area contributed by atoms with Gasteiger partial charge in [0.05, 0.1) is 0 Å². The Balaban J connectivity index is 2.18. The molecule has 98 valence electrons. The molecule has 2 aromatic carbocycles. The van der Waals surface area contributed by atoms with Crippen LogP contribution < -0.4 is 10.2 Å². The van der Waals surface area contributed by atoms with Crippen LogP contribution in [-0.2, 0) is 0 Å². The van der Waals surface area contributed by atoms with Crippen molar-refractivity contribution in [3.05, 3.63) is 54.6 Å². The maximum absolute atomic E-state index is 5.37. The van der Waals surface area contributed by atoms with Crippen molar-refractivity contribution in [2.75, 3.05) is 18.5 Å². The number of fused-ring (bicyclic) bond motifs is 1. The fourth-order valence-electron chi connectivity index (χ4n) is 1.85. The molecule has 0 spiro atoms. The third kappa shape index (κ3) is 3.32. The largest absolute Gasteiger partial charge is 0.359 e. The van der Waals surface area contributed by atoms with Gasteiger partial charge in [0.1, 0.15) is 0 Å². The van der Waals surface area contributed by atoms with Crippen molar-refractivity contribution in [3.8, 4) is 0 Å². The van der Waals surface area contributed by atoms with E-state index in [4.69, 9.17) is 12.2 Å². The van der Waals surface area contributed by atoms with Crippen LogP contribution in [0.4, 0.5) is 5.69 Å². The molecule has 0 aliphatic carbocycles. The summed E-state index contributed by atoms with van der Waals surface area (Å²) in [5, 5.41) is 6.35. The summed E-state index contributed by atoms with van der Waals surface area (Å²) in [6.45, 7) is 6.54. The SMILES string of the molecule is C=C(C)CNC(=S)N(C)c1ccc2ccccc2c1. The number of thiocarbonyl (C=S) groups is 1. The first-order valence-electron chi connectivity index (χ1n) is 6.22. The normalized spacial score (nSPS) is 10.2.